The van der Waals surface area contributed by atoms with E-state index in [1.807, 2.05) is 4.90 Å². The largest absolute Gasteiger partial charge is 0.395 e. The van der Waals surface area contributed by atoms with Crippen molar-refractivity contribution in [2.75, 3.05) is 40.4 Å². The average molecular weight is 583 g/mol. The first kappa shape index (κ1) is 28.5. The molecular weight excluding hydrogens is 549 g/mol. The summed E-state index contributed by atoms with van der Waals surface area (Å²) in [5.74, 6) is -4.77. The quantitative estimate of drug-likeness (QED) is 0.431. The van der Waals surface area contributed by atoms with Crippen LogP contribution in [0, 0.1) is 11.2 Å². The van der Waals surface area contributed by atoms with E-state index in [1.165, 1.54) is 25.0 Å². The number of nitrogens with one attached hydrogen (secondary N) is 2. The van der Waals surface area contributed by atoms with Crippen LogP contribution < -0.4 is 20.5 Å². The second-order valence-corrected chi connectivity index (χ2v) is 13.0. The smallest absolute Gasteiger partial charge is 0.274 e. The molecule has 1 aromatic carbocycles. The Labute approximate surface area is 230 Å². The van der Waals surface area contributed by atoms with E-state index in [-0.39, 0.29) is 29.8 Å². The van der Waals surface area contributed by atoms with Crippen molar-refractivity contribution in [2.24, 2.45) is 5.41 Å². The van der Waals surface area contributed by atoms with E-state index in [0.717, 1.165) is 29.7 Å². The summed E-state index contributed by atoms with van der Waals surface area (Å²) in [7, 11) is -3.81. The van der Waals surface area contributed by atoms with Crippen LogP contribution in [-0.2, 0) is 10.0 Å². The zero-order valence-corrected chi connectivity index (χ0v) is 22.8. The van der Waals surface area contributed by atoms with Gasteiger partial charge in [-0.05, 0) is 62.1 Å². The summed E-state index contributed by atoms with van der Waals surface area (Å²) in [5.41, 5.74) is 0.196. The number of sulfonamides is 1. The molecule has 218 valence electrons. The number of hydrogen-bond donors (Lipinski definition) is 3. The van der Waals surface area contributed by atoms with Crippen LogP contribution in [0.5, 0.6) is 0 Å². The molecule has 5 rings (SSSR count). The van der Waals surface area contributed by atoms with E-state index in [9.17, 15) is 31.2 Å². The molecule has 40 heavy (non-hydrogen) atoms. The number of amides is 1. The van der Waals surface area contributed by atoms with Gasteiger partial charge in [0, 0.05) is 44.2 Å². The molecule has 1 aliphatic heterocycles. The van der Waals surface area contributed by atoms with Crippen molar-refractivity contribution in [1.82, 2.24) is 4.57 Å². The average Bonchev–Trinajstić information content (AvgIpc) is 3.64. The molecule has 1 amide bonds. The highest BCUT2D eigenvalue weighted by Crippen LogP contribution is 2.54. The fourth-order valence-corrected chi connectivity index (χ4v) is 6.55. The van der Waals surface area contributed by atoms with Crippen LogP contribution >= 0.6 is 0 Å². The van der Waals surface area contributed by atoms with Gasteiger partial charge >= 0.3 is 0 Å². The minimum atomic E-state index is -3.81. The highest BCUT2D eigenvalue weighted by molar-refractivity contribution is 7.92. The van der Waals surface area contributed by atoms with E-state index in [0.29, 0.717) is 24.2 Å². The first-order valence-electron chi connectivity index (χ1n) is 13.5. The van der Waals surface area contributed by atoms with Crippen LogP contribution in [0.4, 0.5) is 30.2 Å². The molecule has 13 heteroatoms. The van der Waals surface area contributed by atoms with E-state index < -0.39 is 64.5 Å². The van der Waals surface area contributed by atoms with Crippen molar-refractivity contribution in [1.29, 1.82) is 0 Å². The summed E-state index contributed by atoms with van der Waals surface area (Å²) in [6.45, 7) is 0.768. The summed E-state index contributed by atoms with van der Waals surface area (Å²) in [4.78, 5) is 28.6. The first-order valence-corrected chi connectivity index (χ1v) is 15.2. The normalized spacial score (nSPS) is 20.4. The standard InChI is InChI=1S/C27H33F3N4O5S/c28-18-15-22(25(37)34(17-18)20-3-5-27(29,30)6-4-20)31-24(36)21-2-1-19(32-40(38,39)14-13-35)16-23(21)33-11-9-26(7-8-26)10-12-33/h1-2,15-17,20,32,35H,3-14H2,(H,31,36). The Morgan fingerprint density at radius 2 is 1.73 bits per heavy atom. The molecule has 2 aromatic rings. The fraction of sp³-hybridized carbons (Fsp3) is 0.556. The third-order valence-electron chi connectivity index (χ3n) is 8.34. The van der Waals surface area contributed by atoms with Crippen LogP contribution in [0.25, 0.3) is 0 Å². The number of hydrogen-bond acceptors (Lipinski definition) is 6. The molecule has 1 spiro atoms. The summed E-state index contributed by atoms with van der Waals surface area (Å²) in [6.07, 6.45) is 4.39. The molecule has 0 unspecified atom stereocenters. The Balaban J connectivity index is 1.42. The zero-order valence-electron chi connectivity index (χ0n) is 22.0. The summed E-state index contributed by atoms with van der Waals surface area (Å²) < 4.78 is 69.8. The van der Waals surface area contributed by atoms with E-state index in [1.54, 1.807) is 6.07 Å². The highest BCUT2D eigenvalue weighted by atomic mass is 32.2. The molecule has 1 aromatic heterocycles. The number of aromatic nitrogens is 1. The van der Waals surface area contributed by atoms with Gasteiger partial charge in [0.05, 0.1) is 29.3 Å². The number of piperidine rings is 1. The topological polar surface area (TPSA) is 121 Å². The fourth-order valence-electron chi connectivity index (χ4n) is 5.72. The first-order chi connectivity index (χ1) is 18.9. The van der Waals surface area contributed by atoms with Crippen molar-refractivity contribution >= 4 is 33.0 Å². The van der Waals surface area contributed by atoms with E-state index in [4.69, 9.17) is 5.11 Å². The molecule has 1 saturated heterocycles. The molecule has 9 nitrogen and oxygen atoms in total. The lowest BCUT2D eigenvalue weighted by Crippen LogP contribution is -2.36. The van der Waals surface area contributed by atoms with Gasteiger partial charge in [-0.15, -0.1) is 0 Å². The number of anilines is 3. The summed E-state index contributed by atoms with van der Waals surface area (Å²) >= 11 is 0. The van der Waals surface area contributed by atoms with E-state index >= 15 is 0 Å². The van der Waals surface area contributed by atoms with Crippen molar-refractivity contribution in [2.45, 2.75) is 63.3 Å². The molecular formula is C27H33F3N4O5S. The van der Waals surface area contributed by atoms with Gasteiger partial charge in [-0.3, -0.25) is 14.3 Å². The Bertz CT molecular complexity index is 1440. The van der Waals surface area contributed by atoms with Gasteiger partial charge in [0.2, 0.25) is 15.9 Å². The lowest BCUT2D eigenvalue weighted by molar-refractivity contribution is -0.0442. The van der Waals surface area contributed by atoms with Crippen molar-refractivity contribution < 1.29 is 31.5 Å². The van der Waals surface area contributed by atoms with Crippen LogP contribution in [0.2, 0.25) is 0 Å². The van der Waals surface area contributed by atoms with E-state index in [2.05, 4.69) is 10.0 Å². The van der Waals surface area contributed by atoms with Crippen molar-refractivity contribution in [3.8, 4) is 0 Å². The Morgan fingerprint density at radius 1 is 1.05 bits per heavy atom. The number of halogens is 3. The maximum atomic E-state index is 14.5. The summed E-state index contributed by atoms with van der Waals surface area (Å²) in [6, 6.07) is 4.68. The number of aliphatic hydroxyl groups is 1. The van der Waals surface area contributed by atoms with Gasteiger partial charge < -0.3 is 19.9 Å². The van der Waals surface area contributed by atoms with Crippen LogP contribution in [0.3, 0.4) is 0 Å². The molecule has 3 fully saturated rings. The number of benzene rings is 1. The lowest BCUT2D eigenvalue weighted by Gasteiger charge is -2.35. The molecule has 2 saturated carbocycles. The van der Waals surface area contributed by atoms with Crippen LogP contribution in [-0.4, -0.2) is 55.4 Å². The maximum absolute atomic E-state index is 14.5. The van der Waals surface area contributed by atoms with Gasteiger partial charge in [0.15, 0.2) is 0 Å². The van der Waals surface area contributed by atoms with Crippen LogP contribution in [0.15, 0.2) is 35.3 Å². The number of carbonyl (C=O) groups is 1. The van der Waals surface area contributed by atoms with Gasteiger partial charge in [0.25, 0.3) is 11.5 Å². The number of carbonyl (C=O) groups excluding carboxylic acids is 1. The van der Waals surface area contributed by atoms with Crippen LogP contribution in [0.1, 0.15) is 67.8 Å². The number of alkyl halides is 2. The number of nitrogens with zero attached hydrogens (tertiary/aromatic N) is 2. The molecule has 3 N–H and O–H groups in total. The monoisotopic (exact) mass is 582 g/mol. The molecule has 2 heterocycles. The second kappa shape index (κ2) is 10.7. The highest BCUT2D eigenvalue weighted by Gasteiger charge is 2.44. The Kier molecular flexibility index (Phi) is 7.64. The third-order valence-corrected chi connectivity index (χ3v) is 9.60. The van der Waals surface area contributed by atoms with Gasteiger partial charge in [-0.25, -0.2) is 21.6 Å². The number of aliphatic hydroxyl groups excluding tert-OH is 1. The minimum Gasteiger partial charge on any atom is -0.395 e. The van der Waals surface area contributed by atoms with Gasteiger partial charge in [-0.1, -0.05) is 0 Å². The SMILES string of the molecule is O=C(Nc1cc(F)cn(C2CCC(F)(F)CC2)c1=O)c1ccc(NS(=O)(=O)CCO)cc1N1CCC2(CC1)CC2. The molecule has 0 radical (unpaired) electrons. The third kappa shape index (κ3) is 6.30. The Hall–Kier alpha value is -3.06. The lowest BCUT2D eigenvalue weighted by atomic mass is 9.92. The number of pyridine rings is 1. The predicted octanol–water partition coefficient (Wildman–Crippen LogP) is 4.10. The maximum Gasteiger partial charge on any atom is 0.274 e. The Morgan fingerprint density at radius 3 is 2.35 bits per heavy atom. The molecule has 0 bridgehead atoms. The summed E-state index contributed by atoms with van der Waals surface area (Å²) in [5, 5.41) is 11.6. The zero-order chi connectivity index (χ0) is 28.7. The number of rotatable bonds is 8. The van der Waals surface area contributed by atoms with Crippen molar-refractivity contribution in [3.05, 3.63) is 52.2 Å². The molecule has 2 aliphatic carbocycles. The van der Waals surface area contributed by atoms with Gasteiger partial charge in [0.1, 0.15) is 11.5 Å². The molecule has 0 atom stereocenters. The van der Waals surface area contributed by atoms with Gasteiger partial charge in [-0.2, -0.15) is 0 Å². The minimum absolute atomic E-state index is 0.0119. The van der Waals surface area contributed by atoms with Crippen molar-refractivity contribution in [3.63, 3.8) is 0 Å². The second-order valence-electron chi connectivity index (χ2n) is 11.2. The predicted molar refractivity (Wildman–Crippen MR) is 145 cm³/mol. The molecule has 3 aliphatic rings.